The van der Waals surface area contributed by atoms with Crippen molar-refractivity contribution in [1.29, 1.82) is 0 Å². The Balaban J connectivity index is 1.35. The first-order valence-electron chi connectivity index (χ1n) is 12.0. The predicted octanol–water partition coefficient (Wildman–Crippen LogP) is 6.11. The molecule has 9 nitrogen and oxygen atoms in total. The lowest BCUT2D eigenvalue weighted by Crippen LogP contribution is -2.30. The molecule has 3 aromatic carbocycles. The maximum Gasteiger partial charge on any atom is 0.272 e. The molecule has 0 saturated carbocycles. The van der Waals surface area contributed by atoms with E-state index in [1.807, 2.05) is 17.5 Å². The summed E-state index contributed by atoms with van der Waals surface area (Å²) in [5, 5.41) is 21.0. The number of aryl methyl sites for hydroxylation is 1. The molecule has 0 unspecified atom stereocenters. The SMILES string of the molecule is Cc1cc([N+](=O)[O-])ccc1NC(=O)CSc1ccc(NC(=O)/C(=C/c2cccs2)NC(=O)c2ccccc2)cc1. The minimum atomic E-state index is -0.484. The fraction of sp³-hybridized carbons (Fsp3) is 0.0690. The molecule has 0 aliphatic heterocycles. The van der Waals surface area contributed by atoms with Gasteiger partial charge in [-0.2, -0.15) is 0 Å². The van der Waals surface area contributed by atoms with E-state index in [-0.39, 0.29) is 23.0 Å². The summed E-state index contributed by atoms with van der Waals surface area (Å²) in [4.78, 5) is 50.2. The van der Waals surface area contributed by atoms with Crippen LogP contribution in [0.15, 0.2) is 101 Å². The van der Waals surface area contributed by atoms with E-state index in [4.69, 9.17) is 0 Å². The highest BCUT2D eigenvalue weighted by Crippen LogP contribution is 2.24. The molecule has 0 bridgehead atoms. The minimum absolute atomic E-state index is 0.0373. The second kappa shape index (κ2) is 13.4. The standard InChI is InChI=1S/C29H24N4O5S2/c1-19-16-22(33(37)38)11-14-25(19)31-27(34)18-40-23-12-9-21(10-13-23)30-29(36)26(17-24-8-5-15-39-24)32-28(35)20-6-3-2-4-7-20/h2-17H,18H2,1H3,(H,30,36)(H,31,34)(H,32,35)/b26-17-. The lowest BCUT2D eigenvalue weighted by molar-refractivity contribution is -0.384. The van der Waals surface area contributed by atoms with Crippen LogP contribution in [0.3, 0.4) is 0 Å². The van der Waals surface area contributed by atoms with Gasteiger partial charge in [0.2, 0.25) is 5.91 Å². The number of anilines is 2. The third-order valence-corrected chi connectivity index (χ3v) is 7.37. The topological polar surface area (TPSA) is 130 Å². The van der Waals surface area contributed by atoms with Crippen molar-refractivity contribution in [3.05, 3.63) is 122 Å². The summed E-state index contributed by atoms with van der Waals surface area (Å²) in [5.74, 6) is -0.998. The molecule has 11 heteroatoms. The van der Waals surface area contributed by atoms with E-state index in [1.54, 1.807) is 67.6 Å². The van der Waals surface area contributed by atoms with Crippen LogP contribution in [-0.2, 0) is 9.59 Å². The number of thioether (sulfide) groups is 1. The molecular formula is C29H24N4O5S2. The molecule has 0 aliphatic carbocycles. The van der Waals surface area contributed by atoms with Gasteiger partial charge in [-0.05, 0) is 72.5 Å². The molecule has 0 fully saturated rings. The van der Waals surface area contributed by atoms with E-state index in [1.165, 1.54) is 41.3 Å². The van der Waals surface area contributed by atoms with E-state index in [9.17, 15) is 24.5 Å². The number of carbonyl (C=O) groups is 3. The Bertz CT molecular complexity index is 1550. The Labute approximate surface area is 238 Å². The molecule has 0 atom stereocenters. The molecule has 3 N–H and O–H groups in total. The second-order valence-electron chi connectivity index (χ2n) is 8.47. The van der Waals surface area contributed by atoms with E-state index in [0.717, 1.165) is 9.77 Å². The van der Waals surface area contributed by atoms with Crippen LogP contribution in [-0.4, -0.2) is 28.4 Å². The normalized spacial score (nSPS) is 11.0. The lowest BCUT2D eigenvalue weighted by Gasteiger charge is -2.12. The average Bonchev–Trinajstić information content (AvgIpc) is 3.47. The van der Waals surface area contributed by atoms with Gasteiger partial charge in [-0.1, -0.05) is 24.3 Å². The number of hydrogen-bond acceptors (Lipinski definition) is 7. The summed E-state index contributed by atoms with van der Waals surface area (Å²) in [5.41, 5.74) is 2.13. The largest absolute Gasteiger partial charge is 0.325 e. The Morgan fingerprint density at radius 3 is 2.35 bits per heavy atom. The van der Waals surface area contributed by atoms with Gasteiger partial charge in [-0.25, -0.2) is 0 Å². The number of thiophene rings is 1. The molecule has 4 aromatic rings. The zero-order valence-corrected chi connectivity index (χ0v) is 22.9. The van der Waals surface area contributed by atoms with Crippen molar-refractivity contribution in [2.24, 2.45) is 0 Å². The summed E-state index contributed by atoms with van der Waals surface area (Å²) >= 11 is 2.74. The Morgan fingerprint density at radius 1 is 0.950 bits per heavy atom. The van der Waals surface area contributed by atoms with Crippen molar-refractivity contribution in [2.45, 2.75) is 11.8 Å². The van der Waals surface area contributed by atoms with Gasteiger partial charge in [-0.3, -0.25) is 24.5 Å². The molecule has 0 spiro atoms. The van der Waals surface area contributed by atoms with Crippen molar-refractivity contribution >= 4 is 64.0 Å². The first-order valence-corrected chi connectivity index (χ1v) is 13.9. The summed E-state index contributed by atoms with van der Waals surface area (Å²) in [7, 11) is 0. The third kappa shape index (κ3) is 7.88. The Morgan fingerprint density at radius 2 is 1.70 bits per heavy atom. The molecule has 4 rings (SSSR count). The second-order valence-corrected chi connectivity index (χ2v) is 10.5. The summed E-state index contributed by atoms with van der Waals surface area (Å²) in [6.45, 7) is 1.69. The molecule has 1 aromatic heterocycles. The number of non-ortho nitro benzene ring substituents is 1. The fourth-order valence-corrected chi connectivity index (χ4v) is 4.88. The zero-order valence-electron chi connectivity index (χ0n) is 21.2. The van der Waals surface area contributed by atoms with Crippen LogP contribution in [0.4, 0.5) is 17.1 Å². The molecule has 40 heavy (non-hydrogen) atoms. The van der Waals surface area contributed by atoms with Gasteiger partial charge >= 0.3 is 0 Å². The van der Waals surface area contributed by atoms with E-state index in [2.05, 4.69) is 16.0 Å². The smallest absolute Gasteiger partial charge is 0.272 e. The van der Waals surface area contributed by atoms with Gasteiger partial charge in [0.25, 0.3) is 17.5 Å². The highest BCUT2D eigenvalue weighted by Gasteiger charge is 2.16. The van der Waals surface area contributed by atoms with Crippen LogP contribution in [0.25, 0.3) is 6.08 Å². The third-order valence-electron chi connectivity index (χ3n) is 5.54. The number of carbonyl (C=O) groups excluding carboxylic acids is 3. The summed E-state index contributed by atoms with van der Waals surface area (Å²) in [6.07, 6.45) is 1.62. The van der Waals surface area contributed by atoms with E-state index >= 15 is 0 Å². The van der Waals surface area contributed by atoms with E-state index < -0.39 is 16.7 Å². The Hall–Kier alpha value is -4.74. The molecular weight excluding hydrogens is 548 g/mol. The molecule has 0 radical (unpaired) electrons. The number of nitro groups is 1. The maximum absolute atomic E-state index is 13.1. The molecule has 3 amide bonds. The lowest BCUT2D eigenvalue weighted by atomic mass is 10.2. The number of nitro benzene ring substituents is 1. The molecule has 202 valence electrons. The van der Waals surface area contributed by atoms with Crippen LogP contribution >= 0.6 is 23.1 Å². The van der Waals surface area contributed by atoms with Crippen molar-refractivity contribution in [1.82, 2.24) is 5.32 Å². The van der Waals surface area contributed by atoms with Crippen molar-refractivity contribution in [3.63, 3.8) is 0 Å². The zero-order chi connectivity index (χ0) is 28.5. The van der Waals surface area contributed by atoms with Gasteiger partial charge < -0.3 is 16.0 Å². The van der Waals surface area contributed by atoms with Gasteiger partial charge in [0.15, 0.2) is 0 Å². The summed E-state index contributed by atoms with van der Waals surface area (Å²) < 4.78 is 0. The molecule has 0 saturated heterocycles. The van der Waals surface area contributed by atoms with Crippen LogP contribution in [0.2, 0.25) is 0 Å². The number of rotatable bonds is 10. The minimum Gasteiger partial charge on any atom is -0.325 e. The Kier molecular flexibility index (Phi) is 9.44. The van der Waals surface area contributed by atoms with Crippen LogP contribution in [0.5, 0.6) is 0 Å². The maximum atomic E-state index is 13.1. The number of nitrogens with zero attached hydrogens (tertiary/aromatic N) is 1. The summed E-state index contributed by atoms with van der Waals surface area (Å²) in [6, 6.07) is 23.6. The average molecular weight is 573 g/mol. The first kappa shape index (κ1) is 28.3. The van der Waals surface area contributed by atoms with Gasteiger partial charge in [0, 0.05) is 38.8 Å². The molecule has 1 heterocycles. The van der Waals surface area contributed by atoms with Crippen LogP contribution in [0.1, 0.15) is 20.8 Å². The monoisotopic (exact) mass is 572 g/mol. The first-order chi connectivity index (χ1) is 19.3. The van der Waals surface area contributed by atoms with Crippen molar-refractivity contribution in [2.75, 3.05) is 16.4 Å². The highest BCUT2D eigenvalue weighted by atomic mass is 32.2. The fourth-order valence-electron chi connectivity index (χ4n) is 3.53. The van der Waals surface area contributed by atoms with Crippen LogP contribution < -0.4 is 16.0 Å². The van der Waals surface area contributed by atoms with Gasteiger partial charge in [0.1, 0.15) is 5.70 Å². The number of nitrogens with one attached hydrogen (secondary N) is 3. The van der Waals surface area contributed by atoms with Gasteiger partial charge in [-0.15, -0.1) is 23.1 Å². The van der Waals surface area contributed by atoms with Crippen molar-refractivity contribution < 1.29 is 19.3 Å². The molecule has 0 aliphatic rings. The van der Waals surface area contributed by atoms with Gasteiger partial charge in [0.05, 0.1) is 10.7 Å². The number of hydrogen-bond donors (Lipinski definition) is 3. The quantitative estimate of drug-likeness (QED) is 0.0910. The number of benzene rings is 3. The highest BCUT2D eigenvalue weighted by molar-refractivity contribution is 8.00. The van der Waals surface area contributed by atoms with E-state index in [0.29, 0.717) is 22.5 Å². The van der Waals surface area contributed by atoms with Crippen LogP contribution in [0, 0.1) is 17.0 Å². The van der Waals surface area contributed by atoms with Crippen molar-refractivity contribution in [3.8, 4) is 0 Å². The predicted molar refractivity (Wildman–Crippen MR) is 158 cm³/mol. The number of amides is 3.